The Balaban J connectivity index is 1.57. The molecule has 0 spiro atoms. The van der Waals surface area contributed by atoms with Crippen molar-refractivity contribution in [1.82, 2.24) is 9.80 Å². The molecule has 0 unspecified atom stereocenters. The summed E-state index contributed by atoms with van der Waals surface area (Å²) >= 11 is 6.20. The summed E-state index contributed by atoms with van der Waals surface area (Å²) < 4.78 is 0. The van der Waals surface area contributed by atoms with Crippen LogP contribution in [0.4, 0.5) is 5.69 Å². The lowest BCUT2D eigenvalue weighted by Gasteiger charge is -2.35. The fraction of sp³-hybridized carbons (Fsp3) is 0.278. The van der Waals surface area contributed by atoms with Crippen molar-refractivity contribution in [3.05, 3.63) is 74.8 Å². The van der Waals surface area contributed by atoms with Crippen molar-refractivity contribution in [2.45, 2.75) is 6.54 Å². The van der Waals surface area contributed by atoms with Crippen LogP contribution in [0.25, 0.3) is 0 Å². The van der Waals surface area contributed by atoms with Gasteiger partial charge in [-0.3, -0.25) is 19.8 Å². The van der Waals surface area contributed by atoms with E-state index in [1.165, 1.54) is 24.3 Å². The van der Waals surface area contributed by atoms with Gasteiger partial charge < -0.3 is 4.90 Å². The first-order valence-corrected chi connectivity index (χ1v) is 8.42. The minimum absolute atomic E-state index is 0.0129. The minimum atomic E-state index is -0.470. The summed E-state index contributed by atoms with van der Waals surface area (Å²) in [6.45, 7) is 3.55. The quantitative estimate of drug-likeness (QED) is 0.621. The Kier molecular flexibility index (Phi) is 5.31. The minimum Gasteiger partial charge on any atom is -0.336 e. The Morgan fingerprint density at radius 1 is 1.04 bits per heavy atom. The van der Waals surface area contributed by atoms with E-state index in [0.29, 0.717) is 18.7 Å². The first-order chi connectivity index (χ1) is 12.0. The summed E-state index contributed by atoms with van der Waals surface area (Å²) in [6.07, 6.45) is 0. The van der Waals surface area contributed by atoms with Gasteiger partial charge in [-0.1, -0.05) is 29.8 Å². The molecule has 0 radical (unpaired) electrons. The number of nitro groups is 1. The summed E-state index contributed by atoms with van der Waals surface area (Å²) in [5.74, 6) is -0.0905. The van der Waals surface area contributed by atoms with E-state index in [9.17, 15) is 14.9 Å². The lowest BCUT2D eigenvalue weighted by atomic mass is 10.1. The molecule has 0 aliphatic carbocycles. The molecule has 1 amide bonds. The Morgan fingerprint density at radius 3 is 2.28 bits per heavy atom. The third-order valence-electron chi connectivity index (χ3n) is 4.34. The summed E-state index contributed by atoms with van der Waals surface area (Å²) in [7, 11) is 0. The Labute approximate surface area is 150 Å². The average Bonchev–Trinajstić information content (AvgIpc) is 2.64. The monoisotopic (exact) mass is 359 g/mol. The number of carbonyl (C=O) groups excluding carboxylic acids is 1. The summed E-state index contributed by atoms with van der Waals surface area (Å²) in [5.41, 5.74) is 1.55. The van der Waals surface area contributed by atoms with E-state index < -0.39 is 4.92 Å². The second-order valence-electron chi connectivity index (χ2n) is 5.96. The maximum absolute atomic E-state index is 12.5. The van der Waals surface area contributed by atoms with Crippen LogP contribution in [-0.2, 0) is 6.54 Å². The number of halogens is 1. The average molecular weight is 360 g/mol. The number of carbonyl (C=O) groups is 1. The van der Waals surface area contributed by atoms with E-state index in [4.69, 9.17) is 11.6 Å². The zero-order chi connectivity index (χ0) is 17.8. The summed E-state index contributed by atoms with van der Waals surface area (Å²) in [6, 6.07) is 13.5. The molecule has 0 bridgehead atoms. The largest absolute Gasteiger partial charge is 0.336 e. The van der Waals surface area contributed by atoms with Crippen LogP contribution >= 0.6 is 11.6 Å². The molecular weight excluding hydrogens is 342 g/mol. The molecule has 7 heteroatoms. The van der Waals surface area contributed by atoms with Crippen molar-refractivity contribution in [2.75, 3.05) is 26.2 Å². The van der Waals surface area contributed by atoms with E-state index >= 15 is 0 Å². The van der Waals surface area contributed by atoms with Crippen molar-refractivity contribution in [1.29, 1.82) is 0 Å². The standard InChI is InChI=1S/C18H18ClN3O3/c19-17-4-2-1-3-15(17)13-20-9-11-21(12-10-20)18(23)14-5-7-16(8-6-14)22(24)25/h1-8H,9-13H2. The molecule has 2 aromatic rings. The van der Waals surface area contributed by atoms with Crippen molar-refractivity contribution >= 4 is 23.2 Å². The van der Waals surface area contributed by atoms with Gasteiger partial charge in [0.15, 0.2) is 0 Å². The number of nitro benzene ring substituents is 1. The van der Waals surface area contributed by atoms with Crippen LogP contribution in [0.15, 0.2) is 48.5 Å². The van der Waals surface area contributed by atoms with Crippen molar-refractivity contribution < 1.29 is 9.72 Å². The van der Waals surface area contributed by atoms with Gasteiger partial charge in [-0.15, -0.1) is 0 Å². The zero-order valence-electron chi connectivity index (χ0n) is 13.6. The van der Waals surface area contributed by atoms with Crippen LogP contribution in [0.1, 0.15) is 15.9 Å². The van der Waals surface area contributed by atoms with Gasteiger partial charge >= 0.3 is 0 Å². The number of nitrogens with zero attached hydrogens (tertiary/aromatic N) is 3. The smallest absolute Gasteiger partial charge is 0.269 e. The molecule has 2 aromatic carbocycles. The Hall–Kier alpha value is -2.44. The lowest BCUT2D eigenvalue weighted by molar-refractivity contribution is -0.384. The molecule has 0 aromatic heterocycles. The summed E-state index contributed by atoms with van der Waals surface area (Å²) in [4.78, 5) is 26.8. The van der Waals surface area contributed by atoms with Gasteiger partial charge in [0.25, 0.3) is 11.6 Å². The molecule has 130 valence electrons. The molecule has 0 saturated carbocycles. The maximum Gasteiger partial charge on any atom is 0.269 e. The van der Waals surface area contributed by atoms with Crippen LogP contribution in [0.3, 0.4) is 0 Å². The third-order valence-corrected chi connectivity index (χ3v) is 4.71. The maximum atomic E-state index is 12.5. The third kappa shape index (κ3) is 4.15. The van der Waals surface area contributed by atoms with Gasteiger partial charge in [-0.25, -0.2) is 0 Å². The number of piperazine rings is 1. The second kappa shape index (κ2) is 7.63. The molecule has 0 atom stereocenters. The van der Waals surface area contributed by atoms with Gasteiger partial charge in [-0.05, 0) is 23.8 Å². The zero-order valence-corrected chi connectivity index (χ0v) is 14.4. The van der Waals surface area contributed by atoms with E-state index in [-0.39, 0.29) is 11.6 Å². The van der Waals surface area contributed by atoms with Crippen LogP contribution in [0.5, 0.6) is 0 Å². The number of amides is 1. The van der Waals surface area contributed by atoms with Crippen LogP contribution in [0, 0.1) is 10.1 Å². The van der Waals surface area contributed by atoms with Gasteiger partial charge in [0.1, 0.15) is 0 Å². The number of hydrogen-bond donors (Lipinski definition) is 0. The fourth-order valence-corrected chi connectivity index (χ4v) is 3.08. The molecule has 6 nitrogen and oxygen atoms in total. The molecule has 25 heavy (non-hydrogen) atoms. The van der Waals surface area contributed by atoms with E-state index in [0.717, 1.165) is 30.2 Å². The van der Waals surface area contributed by atoms with E-state index in [1.807, 2.05) is 24.3 Å². The van der Waals surface area contributed by atoms with Gasteiger partial charge in [0, 0.05) is 55.4 Å². The molecule has 1 fully saturated rings. The van der Waals surface area contributed by atoms with Crippen molar-refractivity contribution in [3.8, 4) is 0 Å². The van der Waals surface area contributed by atoms with Gasteiger partial charge in [0.2, 0.25) is 0 Å². The van der Waals surface area contributed by atoms with Crippen LogP contribution in [0.2, 0.25) is 5.02 Å². The molecule has 1 heterocycles. The number of benzene rings is 2. The Morgan fingerprint density at radius 2 is 1.68 bits per heavy atom. The van der Waals surface area contributed by atoms with Crippen molar-refractivity contribution in [2.24, 2.45) is 0 Å². The highest BCUT2D eigenvalue weighted by molar-refractivity contribution is 6.31. The second-order valence-corrected chi connectivity index (χ2v) is 6.37. The molecule has 1 aliphatic rings. The van der Waals surface area contributed by atoms with Gasteiger partial charge in [-0.2, -0.15) is 0 Å². The highest BCUT2D eigenvalue weighted by Gasteiger charge is 2.23. The molecular formula is C18H18ClN3O3. The van der Waals surface area contributed by atoms with E-state index in [1.54, 1.807) is 4.90 Å². The number of rotatable bonds is 4. The van der Waals surface area contributed by atoms with Crippen LogP contribution in [-0.4, -0.2) is 46.8 Å². The molecule has 0 N–H and O–H groups in total. The predicted octanol–water partition coefficient (Wildman–Crippen LogP) is 3.21. The SMILES string of the molecule is O=C(c1ccc([N+](=O)[O-])cc1)N1CCN(Cc2ccccc2Cl)CC1. The normalized spacial score (nSPS) is 15.2. The molecule has 1 saturated heterocycles. The number of hydrogen-bond acceptors (Lipinski definition) is 4. The predicted molar refractivity (Wildman–Crippen MR) is 95.7 cm³/mol. The van der Waals surface area contributed by atoms with Crippen LogP contribution < -0.4 is 0 Å². The fourth-order valence-electron chi connectivity index (χ4n) is 2.88. The summed E-state index contributed by atoms with van der Waals surface area (Å²) in [5, 5.41) is 11.4. The highest BCUT2D eigenvalue weighted by atomic mass is 35.5. The number of non-ortho nitro benzene ring substituents is 1. The van der Waals surface area contributed by atoms with Crippen molar-refractivity contribution in [3.63, 3.8) is 0 Å². The first kappa shape index (κ1) is 17.4. The topological polar surface area (TPSA) is 66.7 Å². The molecule has 1 aliphatic heterocycles. The van der Waals surface area contributed by atoms with E-state index in [2.05, 4.69) is 4.90 Å². The van der Waals surface area contributed by atoms with Gasteiger partial charge in [0.05, 0.1) is 4.92 Å². The Bertz CT molecular complexity index is 771. The molecule has 3 rings (SSSR count). The highest BCUT2D eigenvalue weighted by Crippen LogP contribution is 2.19. The lowest BCUT2D eigenvalue weighted by Crippen LogP contribution is -2.48. The first-order valence-electron chi connectivity index (χ1n) is 8.04.